The van der Waals surface area contributed by atoms with E-state index in [9.17, 15) is 22.8 Å². The van der Waals surface area contributed by atoms with Gasteiger partial charge in [0.2, 0.25) is 0 Å². The van der Waals surface area contributed by atoms with Crippen LogP contribution in [-0.2, 0) is 25.2 Å². The van der Waals surface area contributed by atoms with Crippen molar-refractivity contribution < 1.29 is 42.4 Å². The maximum Gasteiger partial charge on any atom is 0.416 e. The predicted octanol–water partition coefficient (Wildman–Crippen LogP) is 4.05. The van der Waals surface area contributed by atoms with Crippen LogP contribution in [0.25, 0.3) is 0 Å². The molecular weight excluding hydrogens is 493 g/mol. The second kappa shape index (κ2) is 12.7. The van der Waals surface area contributed by atoms with Crippen molar-refractivity contribution >= 4 is 17.6 Å². The minimum atomic E-state index is -4.30. The summed E-state index contributed by atoms with van der Waals surface area (Å²) in [5.74, 6) is -2.51. The van der Waals surface area contributed by atoms with E-state index in [4.69, 9.17) is 19.7 Å². The topological polar surface area (TPSA) is 99.5 Å². The molecule has 1 saturated carbocycles. The number of hydrogen-bond acceptors (Lipinski definition) is 6. The Morgan fingerprint density at radius 2 is 1.68 bits per heavy atom. The van der Waals surface area contributed by atoms with E-state index in [1.165, 1.54) is 31.4 Å². The van der Waals surface area contributed by atoms with Gasteiger partial charge in [-0.05, 0) is 38.0 Å². The molecule has 0 amide bonds. The van der Waals surface area contributed by atoms with Crippen LogP contribution >= 0.6 is 0 Å². The summed E-state index contributed by atoms with van der Waals surface area (Å²) in [6.07, 6.45) is 2.91. The molecule has 2 N–H and O–H groups in total. The van der Waals surface area contributed by atoms with Gasteiger partial charge in [0, 0.05) is 50.6 Å². The quantitative estimate of drug-likeness (QED) is 0.553. The normalized spacial score (nSPS) is 24.5. The lowest BCUT2D eigenvalue weighted by atomic mass is 9.80. The number of ether oxygens (including phenoxy) is 2. The minimum absolute atomic E-state index is 0.0673. The van der Waals surface area contributed by atoms with Crippen LogP contribution in [0.5, 0.6) is 0 Å². The molecule has 4 rings (SSSR count). The molecule has 1 spiro atoms. The highest BCUT2D eigenvalue weighted by atomic mass is 19.4. The first-order valence-corrected chi connectivity index (χ1v) is 12.6. The second-order valence-corrected chi connectivity index (χ2v) is 9.68. The van der Waals surface area contributed by atoms with Gasteiger partial charge in [-0.3, -0.25) is 4.90 Å². The lowest BCUT2D eigenvalue weighted by Gasteiger charge is -2.48. The molecule has 1 aliphatic carbocycles. The van der Waals surface area contributed by atoms with Crippen molar-refractivity contribution in [1.29, 1.82) is 0 Å². The predicted molar refractivity (Wildman–Crippen MR) is 131 cm³/mol. The summed E-state index contributed by atoms with van der Waals surface area (Å²) in [5.41, 5.74) is -0.0304. The Labute approximate surface area is 214 Å². The number of anilines is 1. The standard InChI is InChI=1S/C22H31F3N2O2.C4H4O4/c1-17-21(8-3-2-4-9-21)28-16-20(29-17)15-26-10-12-27(13-11-26)19-7-5-6-18(14-19)22(23,24)25;5-3(6)1-2-4(7)8/h5-7,14,17,20H,2-4,8-13,15-16H2,1H3;1-2H,(H,5,6)(H,7,8)/b;2-1+. The molecule has 206 valence electrons. The first-order valence-electron chi connectivity index (χ1n) is 12.6. The highest BCUT2D eigenvalue weighted by Crippen LogP contribution is 2.39. The first-order chi connectivity index (χ1) is 17.5. The minimum Gasteiger partial charge on any atom is -0.478 e. The molecule has 1 aromatic rings. The van der Waals surface area contributed by atoms with Gasteiger partial charge in [0.1, 0.15) is 0 Å². The molecule has 11 heteroatoms. The number of carboxylic acids is 2. The Bertz CT molecular complexity index is 924. The highest BCUT2D eigenvalue weighted by Gasteiger charge is 2.44. The molecule has 2 heterocycles. The van der Waals surface area contributed by atoms with Crippen molar-refractivity contribution in [2.24, 2.45) is 0 Å². The number of alkyl halides is 3. The molecule has 3 aliphatic rings. The number of rotatable bonds is 5. The van der Waals surface area contributed by atoms with E-state index in [2.05, 4.69) is 11.8 Å². The van der Waals surface area contributed by atoms with Crippen LogP contribution in [0.15, 0.2) is 36.4 Å². The summed E-state index contributed by atoms with van der Waals surface area (Å²) in [5, 5.41) is 15.6. The van der Waals surface area contributed by atoms with Crippen LogP contribution in [-0.4, -0.2) is 84.2 Å². The monoisotopic (exact) mass is 528 g/mol. The molecule has 1 aromatic carbocycles. The van der Waals surface area contributed by atoms with Crippen molar-refractivity contribution in [3.8, 4) is 0 Å². The van der Waals surface area contributed by atoms with Crippen LogP contribution < -0.4 is 4.90 Å². The third-order valence-electron chi connectivity index (χ3n) is 7.14. The summed E-state index contributed by atoms with van der Waals surface area (Å²) in [7, 11) is 0. The lowest BCUT2D eigenvalue weighted by Crippen LogP contribution is -2.57. The van der Waals surface area contributed by atoms with Gasteiger partial charge in [-0.15, -0.1) is 0 Å². The van der Waals surface area contributed by atoms with E-state index < -0.39 is 23.7 Å². The van der Waals surface area contributed by atoms with Crippen molar-refractivity contribution in [2.45, 2.75) is 63.0 Å². The van der Waals surface area contributed by atoms with Crippen LogP contribution in [0.4, 0.5) is 18.9 Å². The summed E-state index contributed by atoms with van der Waals surface area (Å²) >= 11 is 0. The number of benzene rings is 1. The Morgan fingerprint density at radius 3 is 2.22 bits per heavy atom. The third-order valence-corrected chi connectivity index (χ3v) is 7.14. The second-order valence-electron chi connectivity index (χ2n) is 9.68. The molecule has 0 radical (unpaired) electrons. The van der Waals surface area contributed by atoms with Gasteiger partial charge in [0.05, 0.1) is 30.0 Å². The zero-order valence-electron chi connectivity index (χ0n) is 21.0. The average molecular weight is 529 g/mol. The smallest absolute Gasteiger partial charge is 0.416 e. The number of hydrogen-bond donors (Lipinski definition) is 2. The van der Waals surface area contributed by atoms with Crippen molar-refractivity contribution in [2.75, 3.05) is 44.2 Å². The molecule has 2 aliphatic heterocycles. The molecule has 2 unspecified atom stereocenters. The highest BCUT2D eigenvalue weighted by molar-refractivity contribution is 5.89. The van der Waals surface area contributed by atoms with E-state index in [0.29, 0.717) is 37.5 Å². The Hall–Kier alpha value is -2.63. The fourth-order valence-corrected chi connectivity index (χ4v) is 5.12. The fraction of sp³-hybridized carbons (Fsp3) is 0.615. The van der Waals surface area contributed by atoms with Crippen LogP contribution in [0, 0.1) is 0 Å². The van der Waals surface area contributed by atoms with Crippen LogP contribution in [0.3, 0.4) is 0 Å². The summed E-state index contributed by atoms with van der Waals surface area (Å²) in [6.45, 7) is 6.66. The van der Waals surface area contributed by atoms with Gasteiger partial charge >= 0.3 is 18.1 Å². The van der Waals surface area contributed by atoms with Gasteiger partial charge in [-0.25, -0.2) is 9.59 Å². The zero-order chi connectivity index (χ0) is 27.1. The lowest BCUT2D eigenvalue weighted by molar-refractivity contribution is -0.241. The molecule has 0 aromatic heterocycles. The van der Waals surface area contributed by atoms with Gasteiger partial charge in [0.25, 0.3) is 0 Å². The number of nitrogens with zero attached hydrogens (tertiary/aromatic N) is 2. The molecule has 2 saturated heterocycles. The van der Waals surface area contributed by atoms with Crippen molar-refractivity contribution in [3.63, 3.8) is 0 Å². The van der Waals surface area contributed by atoms with E-state index in [-0.39, 0.29) is 17.8 Å². The number of piperazine rings is 1. The Morgan fingerprint density at radius 1 is 1.05 bits per heavy atom. The number of carboxylic acid groups (broad SMARTS) is 2. The largest absolute Gasteiger partial charge is 0.478 e. The van der Waals surface area contributed by atoms with E-state index in [1.807, 2.05) is 4.90 Å². The molecule has 3 fully saturated rings. The van der Waals surface area contributed by atoms with Crippen LogP contribution in [0.1, 0.15) is 44.6 Å². The van der Waals surface area contributed by atoms with Gasteiger partial charge in [-0.2, -0.15) is 13.2 Å². The van der Waals surface area contributed by atoms with Crippen molar-refractivity contribution in [3.05, 3.63) is 42.0 Å². The molecule has 8 nitrogen and oxygen atoms in total. The van der Waals surface area contributed by atoms with Gasteiger partial charge in [0.15, 0.2) is 0 Å². The van der Waals surface area contributed by atoms with E-state index >= 15 is 0 Å². The molecular formula is C26H35F3N2O6. The maximum absolute atomic E-state index is 13.0. The molecule has 0 bridgehead atoms. The molecule has 2 atom stereocenters. The van der Waals surface area contributed by atoms with E-state index in [0.717, 1.165) is 38.5 Å². The average Bonchev–Trinajstić information content (AvgIpc) is 2.86. The Balaban J connectivity index is 0.000000414. The Kier molecular flexibility index (Phi) is 9.97. The summed E-state index contributed by atoms with van der Waals surface area (Å²) < 4.78 is 51.6. The van der Waals surface area contributed by atoms with Crippen molar-refractivity contribution in [1.82, 2.24) is 4.90 Å². The van der Waals surface area contributed by atoms with E-state index in [1.54, 1.807) is 6.07 Å². The third kappa shape index (κ3) is 8.44. The summed E-state index contributed by atoms with van der Waals surface area (Å²) in [4.78, 5) is 23.5. The van der Waals surface area contributed by atoms with Gasteiger partial charge in [-0.1, -0.05) is 25.3 Å². The SMILES string of the molecule is CC1OC(CN2CCN(c3cccc(C(F)(F)F)c3)CC2)COC12CCCCC2.O=C(O)/C=C/C(=O)O. The fourth-order valence-electron chi connectivity index (χ4n) is 5.12. The van der Waals surface area contributed by atoms with Crippen LogP contribution in [0.2, 0.25) is 0 Å². The van der Waals surface area contributed by atoms with Gasteiger partial charge < -0.3 is 24.6 Å². The zero-order valence-corrected chi connectivity index (χ0v) is 21.0. The number of halogens is 3. The number of carbonyl (C=O) groups is 2. The maximum atomic E-state index is 13.0. The first kappa shape index (κ1) is 28.9. The summed E-state index contributed by atoms with van der Waals surface area (Å²) in [6, 6.07) is 5.62. The molecule has 37 heavy (non-hydrogen) atoms. The number of aliphatic carboxylic acids is 2.